The van der Waals surface area contributed by atoms with E-state index in [1.165, 1.54) is 0 Å². The van der Waals surface area contributed by atoms with Gasteiger partial charge in [0.2, 0.25) is 5.91 Å². The van der Waals surface area contributed by atoms with Gasteiger partial charge in [-0.15, -0.1) is 0 Å². The Morgan fingerprint density at radius 3 is 2.17 bits per heavy atom. The van der Waals surface area contributed by atoms with Crippen LogP contribution in [0.1, 0.15) is 13.8 Å². The predicted molar refractivity (Wildman–Crippen MR) is 58.3 cm³/mol. The monoisotopic (exact) mass is 263 g/mol. The molecule has 0 fully saturated rings. The molecule has 0 radical (unpaired) electrons. The summed E-state index contributed by atoms with van der Waals surface area (Å²) in [6.07, 6.45) is -4.79. The molecule has 0 bridgehead atoms. The first-order chi connectivity index (χ1) is 8.29. The van der Waals surface area contributed by atoms with Crippen molar-refractivity contribution in [3.05, 3.63) is 0 Å². The van der Waals surface area contributed by atoms with Crippen LogP contribution in [-0.2, 0) is 19.1 Å². The van der Waals surface area contributed by atoms with Crippen LogP contribution in [0.2, 0.25) is 0 Å². The molecule has 0 saturated carbocycles. The predicted octanol–water partition coefficient (Wildman–Crippen LogP) is -2.66. The van der Waals surface area contributed by atoms with Crippen molar-refractivity contribution in [2.75, 3.05) is 6.61 Å². The molecule has 4 N–H and O–H groups in total. The summed E-state index contributed by atoms with van der Waals surface area (Å²) in [5.74, 6) is -1.24. The van der Waals surface area contributed by atoms with Crippen molar-refractivity contribution < 1.29 is 34.4 Å². The number of nitrogens with one attached hydrogen (secondary N) is 1. The second-order valence-electron chi connectivity index (χ2n) is 3.71. The molecule has 8 nitrogen and oxygen atoms in total. The van der Waals surface area contributed by atoms with E-state index in [9.17, 15) is 29.7 Å². The highest BCUT2D eigenvalue weighted by molar-refractivity contribution is 5.77. The van der Waals surface area contributed by atoms with E-state index in [0.717, 1.165) is 13.8 Å². The number of aliphatic hydroxyl groups is 3. The number of aldehydes is 1. The summed E-state index contributed by atoms with van der Waals surface area (Å²) < 4.78 is 4.43. The molecular formula is C10H17NO7. The third-order valence-electron chi connectivity index (χ3n) is 2.09. The maximum Gasteiger partial charge on any atom is 0.302 e. The standard InChI is InChI=1S/C10H17NO7/c1-5(13)11-7(3-12)9(16)10(17)8(15)4-18-6(2)14/h3,7-10,15-17H,4H2,1-2H3,(H,11,13)/t7-,8+,9+,10+/m0/s1. The molecule has 0 aromatic carbocycles. The summed E-state index contributed by atoms with van der Waals surface area (Å²) in [5.41, 5.74) is 0. The van der Waals surface area contributed by atoms with Crippen LogP contribution in [-0.4, -0.2) is 64.4 Å². The van der Waals surface area contributed by atoms with Crippen LogP contribution < -0.4 is 5.32 Å². The normalized spacial score (nSPS) is 17.2. The van der Waals surface area contributed by atoms with E-state index in [2.05, 4.69) is 10.1 Å². The molecule has 0 aliphatic carbocycles. The zero-order chi connectivity index (χ0) is 14.3. The van der Waals surface area contributed by atoms with Gasteiger partial charge in [0.25, 0.3) is 0 Å². The van der Waals surface area contributed by atoms with Gasteiger partial charge in [-0.05, 0) is 0 Å². The van der Waals surface area contributed by atoms with E-state index in [1.807, 2.05) is 0 Å². The van der Waals surface area contributed by atoms with Gasteiger partial charge in [-0.1, -0.05) is 0 Å². The van der Waals surface area contributed by atoms with Gasteiger partial charge in [-0.3, -0.25) is 9.59 Å². The van der Waals surface area contributed by atoms with Crippen LogP contribution >= 0.6 is 0 Å². The highest BCUT2D eigenvalue weighted by Gasteiger charge is 2.32. The van der Waals surface area contributed by atoms with Gasteiger partial charge in [-0.25, -0.2) is 0 Å². The molecule has 1 amide bonds. The highest BCUT2D eigenvalue weighted by atomic mass is 16.5. The largest absolute Gasteiger partial charge is 0.463 e. The van der Waals surface area contributed by atoms with Gasteiger partial charge in [-0.2, -0.15) is 0 Å². The topological polar surface area (TPSA) is 133 Å². The first kappa shape index (κ1) is 16.5. The summed E-state index contributed by atoms with van der Waals surface area (Å²) in [4.78, 5) is 31.8. The van der Waals surface area contributed by atoms with E-state index in [4.69, 9.17) is 0 Å². The average molecular weight is 263 g/mol. The van der Waals surface area contributed by atoms with Gasteiger partial charge in [0, 0.05) is 13.8 Å². The molecule has 4 atom stereocenters. The minimum atomic E-state index is -1.74. The van der Waals surface area contributed by atoms with Crippen molar-refractivity contribution in [3.8, 4) is 0 Å². The summed E-state index contributed by atoms with van der Waals surface area (Å²) in [6.45, 7) is 1.71. The Labute approximate surface area is 104 Å². The van der Waals surface area contributed by atoms with Gasteiger partial charge in [0.1, 0.15) is 37.2 Å². The third-order valence-corrected chi connectivity index (χ3v) is 2.09. The lowest BCUT2D eigenvalue weighted by Gasteiger charge is -2.26. The van der Waals surface area contributed by atoms with E-state index in [-0.39, 0.29) is 6.29 Å². The van der Waals surface area contributed by atoms with Gasteiger partial charge in [0.05, 0.1) is 0 Å². The summed E-state index contributed by atoms with van der Waals surface area (Å²) >= 11 is 0. The van der Waals surface area contributed by atoms with Crippen molar-refractivity contribution in [1.82, 2.24) is 5.32 Å². The molecule has 0 spiro atoms. The van der Waals surface area contributed by atoms with Gasteiger partial charge in [0.15, 0.2) is 0 Å². The van der Waals surface area contributed by atoms with Crippen LogP contribution in [0.25, 0.3) is 0 Å². The zero-order valence-corrected chi connectivity index (χ0v) is 10.1. The number of hydrogen-bond donors (Lipinski definition) is 4. The molecule has 0 aromatic heterocycles. The lowest BCUT2D eigenvalue weighted by molar-refractivity contribution is -0.150. The molecule has 0 unspecified atom stereocenters. The summed E-state index contributed by atoms with van der Waals surface area (Å²) in [5, 5.41) is 30.6. The zero-order valence-electron chi connectivity index (χ0n) is 10.1. The number of hydrogen-bond acceptors (Lipinski definition) is 7. The maximum absolute atomic E-state index is 10.7. The molecule has 0 saturated heterocycles. The molecule has 104 valence electrons. The molecule has 0 rings (SSSR count). The van der Waals surface area contributed by atoms with Crippen molar-refractivity contribution in [1.29, 1.82) is 0 Å². The van der Waals surface area contributed by atoms with Crippen LogP contribution in [0.5, 0.6) is 0 Å². The second kappa shape index (κ2) is 7.75. The SMILES string of the molecule is CC(=O)N[C@@H](C=O)[C@@H](O)[C@H](O)[C@H](O)COC(C)=O. The summed E-state index contributed by atoms with van der Waals surface area (Å²) in [7, 11) is 0. The Hall–Kier alpha value is -1.51. The Morgan fingerprint density at radius 1 is 1.22 bits per heavy atom. The minimum Gasteiger partial charge on any atom is -0.463 e. The summed E-state index contributed by atoms with van der Waals surface area (Å²) in [6, 6.07) is -1.36. The fourth-order valence-electron chi connectivity index (χ4n) is 1.18. The van der Waals surface area contributed by atoms with Crippen molar-refractivity contribution in [3.63, 3.8) is 0 Å². The molecule has 0 aromatic rings. The first-order valence-corrected chi connectivity index (χ1v) is 5.19. The van der Waals surface area contributed by atoms with Crippen molar-refractivity contribution >= 4 is 18.2 Å². The Balaban J connectivity index is 4.44. The Kier molecular flexibility index (Phi) is 7.10. The fourth-order valence-corrected chi connectivity index (χ4v) is 1.18. The van der Waals surface area contributed by atoms with Crippen LogP contribution in [0, 0.1) is 0 Å². The Morgan fingerprint density at radius 2 is 1.78 bits per heavy atom. The minimum absolute atomic E-state index is 0.230. The van der Waals surface area contributed by atoms with Gasteiger partial charge >= 0.3 is 5.97 Å². The lowest BCUT2D eigenvalue weighted by Crippen LogP contribution is -2.53. The maximum atomic E-state index is 10.7. The number of ether oxygens (including phenoxy) is 1. The van der Waals surface area contributed by atoms with Crippen molar-refractivity contribution in [2.45, 2.75) is 38.2 Å². The number of aliphatic hydroxyl groups excluding tert-OH is 3. The number of carbonyl (C=O) groups is 3. The van der Waals surface area contributed by atoms with Gasteiger partial charge < -0.3 is 30.2 Å². The molecule has 0 heterocycles. The number of carbonyl (C=O) groups excluding carboxylic acids is 3. The number of amides is 1. The third kappa shape index (κ3) is 5.71. The smallest absolute Gasteiger partial charge is 0.302 e. The van der Waals surface area contributed by atoms with E-state index in [0.29, 0.717) is 0 Å². The van der Waals surface area contributed by atoms with E-state index in [1.54, 1.807) is 0 Å². The van der Waals surface area contributed by atoms with Crippen molar-refractivity contribution in [2.24, 2.45) is 0 Å². The molecule has 18 heavy (non-hydrogen) atoms. The van der Waals surface area contributed by atoms with Crippen LogP contribution in [0.4, 0.5) is 0 Å². The average Bonchev–Trinajstić information content (AvgIpc) is 2.30. The van der Waals surface area contributed by atoms with Crippen LogP contribution in [0.15, 0.2) is 0 Å². The number of esters is 1. The number of rotatable bonds is 7. The second-order valence-corrected chi connectivity index (χ2v) is 3.71. The van der Waals surface area contributed by atoms with E-state index >= 15 is 0 Å². The first-order valence-electron chi connectivity index (χ1n) is 5.19. The molecule has 0 aliphatic heterocycles. The lowest BCUT2D eigenvalue weighted by atomic mass is 10.0. The molecule has 8 heteroatoms. The van der Waals surface area contributed by atoms with Crippen LogP contribution in [0.3, 0.4) is 0 Å². The quantitative estimate of drug-likeness (QED) is 0.291. The Bertz CT molecular complexity index is 307. The molecule has 0 aliphatic rings. The fraction of sp³-hybridized carbons (Fsp3) is 0.700. The highest BCUT2D eigenvalue weighted by Crippen LogP contribution is 2.05. The molecular weight excluding hydrogens is 246 g/mol. The van der Waals surface area contributed by atoms with E-state index < -0.39 is 42.8 Å².